The Morgan fingerprint density at radius 3 is 2.74 bits per heavy atom. The monoisotopic (exact) mass is 280 g/mol. The lowest BCUT2D eigenvalue weighted by atomic mass is 9.93. The van der Waals surface area contributed by atoms with E-state index < -0.39 is 0 Å². The molecule has 0 atom stereocenters. The lowest BCUT2D eigenvalue weighted by Gasteiger charge is -2.28. The molecule has 19 heavy (non-hydrogen) atoms. The molecule has 1 amide bonds. The second kappa shape index (κ2) is 6.40. The zero-order valence-electron chi connectivity index (χ0n) is 11.6. The van der Waals surface area contributed by atoms with Crippen molar-refractivity contribution in [3.05, 3.63) is 28.8 Å². The van der Waals surface area contributed by atoms with Crippen LogP contribution in [0.1, 0.15) is 24.8 Å². The highest BCUT2D eigenvalue weighted by atomic mass is 35.5. The van der Waals surface area contributed by atoms with Gasteiger partial charge < -0.3 is 10.2 Å². The Bertz CT molecular complexity index is 453. The number of nitrogens with one attached hydrogen (secondary N) is 1. The standard InChI is InChI=1S/C15H21ClN2O/c1-11-3-4-13(10-14(11)16)17-15(19)9-12-5-7-18(2)8-6-12/h3-4,10,12H,5-9H2,1-2H3,(H,17,19). The fraction of sp³-hybridized carbons (Fsp3) is 0.533. The molecule has 1 aliphatic rings. The number of nitrogens with zero attached hydrogens (tertiary/aromatic N) is 1. The first-order chi connectivity index (χ1) is 9.04. The maximum Gasteiger partial charge on any atom is 0.224 e. The van der Waals surface area contributed by atoms with Gasteiger partial charge in [0.25, 0.3) is 0 Å². The van der Waals surface area contributed by atoms with Gasteiger partial charge in [0.2, 0.25) is 5.91 Å². The summed E-state index contributed by atoms with van der Waals surface area (Å²) in [5.74, 6) is 0.603. The van der Waals surface area contributed by atoms with E-state index in [9.17, 15) is 4.79 Å². The van der Waals surface area contributed by atoms with Crippen molar-refractivity contribution in [2.24, 2.45) is 5.92 Å². The normalized spacial score (nSPS) is 17.4. The van der Waals surface area contributed by atoms with Crippen LogP contribution >= 0.6 is 11.6 Å². The van der Waals surface area contributed by atoms with E-state index in [0.29, 0.717) is 17.4 Å². The number of piperidine rings is 1. The van der Waals surface area contributed by atoms with Crippen LogP contribution < -0.4 is 5.32 Å². The number of hydrogen-bond donors (Lipinski definition) is 1. The number of likely N-dealkylation sites (tertiary alicyclic amines) is 1. The van der Waals surface area contributed by atoms with Crippen LogP contribution in [0.25, 0.3) is 0 Å². The van der Waals surface area contributed by atoms with Crippen molar-refractivity contribution < 1.29 is 4.79 Å². The van der Waals surface area contributed by atoms with Crippen molar-refractivity contribution in [3.8, 4) is 0 Å². The first-order valence-corrected chi connectivity index (χ1v) is 7.17. The van der Waals surface area contributed by atoms with Crippen LogP contribution in [0.15, 0.2) is 18.2 Å². The molecule has 1 fully saturated rings. The number of hydrogen-bond acceptors (Lipinski definition) is 2. The molecule has 3 nitrogen and oxygen atoms in total. The third-order valence-corrected chi connectivity index (χ3v) is 4.17. The summed E-state index contributed by atoms with van der Waals surface area (Å²) in [5, 5.41) is 3.62. The lowest BCUT2D eigenvalue weighted by molar-refractivity contribution is -0.117. The van der Waals surface area contributed by atoms with Gasteiger partial charge in [0, 0.05) is 17.1 Å². The minimum Gasteiger partial charge on any atom is -0.326 e. The number of aryl methyl sites for hydroxylation is 1. The summed E-state index contributed by atoms with van der Waals surface area (Å²) in [6.07, 6.45) is 2.83. The summed E-state index contributed by atoms with van der Waals surface area (Å²) in [6.45, 7) is 4.13. The Morgan fingerprint density at radius 2 is 2.11 bits per heavy atom. The predicted octanol–water partition coefficient (Wildman–Crippen LogP) is 3.32. The summed E-state index contributed by atoms with van der Waals surface area (Å²) >= 11 is 6.05. The molecule has 1 saturated heterocycles. The molecule has 104 valence electrons. The Kier molecular flexibility index (Phi) is 4.83. The molecule has 0 unspecified atom stereocenters. The Hall–Kier alpha value is -1.06. The molecular formula is C15H21ClN2O. The van der Waals surface area contributed by atoms with E-state index >= 15 is 0 Å². The largest absolute Gasteiger partial charge is 0.326 e. The van der Waals surface area contributed by atoms with E-state index in [2.05, 4.69) is 17.3 Å². The smallest absolute Gasteiger partial charge is 0.224 e. The molecule has 0 aromatic heterocycles. The Balaban J connectivity index is 1.85. The number of benzene rings is 1. The zero-order valence-corrected chi connectivity index (χ0v) is 12.3. The molecular weight excluding hydrogens is 260 g/mol. The lowest BCUT2D eigenvalue weighted by Crippen LogP contribution is -2.31. The van der Waals surface area contributed by atoms with Crippen LogP contribution in [0.4, 0.5) is 5.69 Å². The highest BCUT2D eigenvalue weighted by Crippen LogP contribution is 2.22. The van der Waals surface area contributed by atoms with Gasteiger partial charge in [-0.05, 0) is 63.5 Å². The van der Waals surface area contributed by atoms with Crippen LogP contribution in [0, 0.1) is 12.8 Å². The third-order valence-electron chi connectivity index (χ3n) is 3.77. The molecule has 1 aromatic carbocycles. The quantitative estimate of drug-likeness (QED) is 0.921. The van der Waals surface area contributed by atoms with Crippen LogP contribution in [-0.2, 0) is 4.79 Å². The summed E-state index contributed by atoms with van der Waals surface area (Å²) in [4.78, 5) is 14.3. The number of carbonyl (C=O) groups is 1. The molecule has 1 aromatic rings. The molecule has 2 rings (SSSR count). The van der Waals surface area contributed by atoms with Gasteiger partial charge in [-0.2, -0.15) is 0 Å². The fourth-order valence-electron chi connectivity index (χ4n) is 2.41. The SMILES string of the molecule is Cc1ccc(NC(=O)CC2CCN(C)CC2)cc1Cl. The summed E-state index contributed by atoms with van der Waals surface area (Å²) in [7, 11) is 2.13. The van der Waals surface area contributed by atoms with Gasteiger partial charge in [0.05, 0.1) is 0 Å². The second-order valence-corrected chi connectivity index (χ2v) is 5.87. The minimum atomic E-state index is 0.0921. The molecule has 0 saturated carbocycles. The van der Waals surface area contributed by atoms with Crippen molar-refractivity contribution in [3.63, 3.8) is 0 Å². The van der Waals surface area contributed by atoms with E-state index in [1.807, 2.05) is 25.1 Å². The zero-order chi connectivity index (χ0) is 13.8. The highest BCUT2D eigenvalue weighted by Gasteiger charge is 2.19. The van der Waals surface area contributed by atoms with Crippen LogP contribution in [0.2, 0.25) is 5.02 Å². The molecule has 0 radical (unpaired) electrons. The summed E-state index contributed by atoms with van der Waals surface area (Å²) < 4.78 is 0. The van der Waals surface area contributed by atoms with Crippen LogP contribution in [-0.4, -0.2) is 30.9 Å². The van der Waals surface area contributed by atoms with Gasteiger partial charge in [0.1, 0.15) is 0 Å². The van der Waals surface area contributed by atoms with Crippen molar-refractivity contribution in [1.29, 1.82) is 0 Å². The predicted molar refractivity (Wildman–Crippen MR) is 79.7 cm³/mol. The molecule has 0 spiro atoms. The van der Waals surface area contributed by atoms with Gasteiger partial charge in [-0.3, -0.25) is 4.79 Å². The van der Waals surface area contributed by atoms with E-state index in [1.54, 1.807) is 0 Å². The van der Waals surface area contributed by atoms with Gasteiger partial charge in [0.15, 0.2) is 0 Å². The maximum absolute atomic E-state index is 12.0. The van der Waals surface area contributed by atoms with Gasteiger partial charge in [-0.1, -0.05) is 17.7 Å². The topological polar surface area (TPSA) is 32.3 Å². The van der Waals surface area contributed by atoms with E-state index in [4.69, 9.17) is 11.6 Å². The van der Waals surface area contributed by atoms with E-state index in [1.165, 1.54) is 0 Å². The van der Waals surface area contributed by atoms with Gasteiger partial charge in [-0.15, -0.1) is 0 Å². The number of amides is 1. The summed E-state index contributed by atoms with van der Waals surface area (Å²) in [6, 6.07) is 5.63. The molecule has 4 heteroatoms. The average Bonchev–Trinajstić information content (AvgIpc) is 2.37. The van der Waals surface area contributed by atoms with Crippen molar-refractivity contribution in [1.82, 2.24) is 4.90 Å². The Morgan fingerprint density at radius 1 is 1.42 bits per heavy atom. The highest BCUT2D eigenvalue weighted by molar-refractivity contribution is 6.31. The molecule has 1 aliphatic heterocycles. The molecule has 0 bridgehead atoms. The molecule has 1 N–H and O–H groups in total. The number of anilines is 1. The minimum absolute atomic E-state index is 0.0921. The number of carbonyl (C=O) groups excluding carboxylic acids is 1. The third kappa shape index (κ3) is 4.22. The van der Waals surface area contributed by atoms with Crippen molar-refractivity contribution in [2.75, 3.05) is 25.5 Å². The maximum atomic E-state index is 12.0. The van der Waals surface area contributed by atoms with E-state index in [0.717, 1.165) is 37.2 Å². The van der Waals surface area contributed by atoms with Gasteiger partial charge >= 0.3 is 0 Å². The first-order valence-electron chi connectivity index (χ1n) is 6.79. The summed E-state index contributed by atoms with van der Waals surface area (Å²) in [5.41, 5.74) is 1.81. The first kappa shape index (κ1) is 14.4. The Labute approximate surface area is 119 Å². The molecule has 0 aliphatic carbocycles. The number of rotatable bonds is 3. The van der Waals surface area contributed by atoms with E-state index in [-0.39, 0.29) is 5.91 Å². The molecule has 1 heterocycles. The van der Waals surface area contributed by atoms with Crippen molar-refractivity contribution in [2.45, 2.75) is 26.2 Å². The van der Waals surface area contributed by atoms with Crippen molar-refractivity contribution >= 4 is 23.2 Å². The van der Waals surface area contributed by atoms with Crippen LogP contribution in [0.3, 0.4) is 0 Å². The van der Waals surface area contributed by atoms with Crippen LogP contribution in [0.5, 0.6) is 0 Å². The average molecular weight is 281 g/mol. The fourth-order valence-corrected chi connectivity index (χ4v) is 2.59. The number of halogens is 1. The van der Waals surface area contributed by atoms with Gasteiger partial charge in [-0.25, -0.2) is 0 Å². The second-order valence-electron chi connectivity index (χ2n) is 5.46.